The minimum absolute atomic E-state index is 0.0621. The van der Waals surface area contributed by atoms with Crippen LogP contribution in [0.15, 0.2) is 48.7 Å². The Morgan fingerprint density at radius 3 is 2.48 bits per heavy atom. The van der Waals surface area contributed by atoms with Crippen LogP contribution in [-0.2, 0) is 19.9 Å². The van der Waals surface area contributed by atoms with E-state index in [0.29, 0.717) is 11.4 Å². The Hall–Kier alpha value is -2.84. The Balaban J connectivity index is 1.51. The monoisotopic (exact) mass is 452 g/mol. The van der Waals surface area contributed by atoms with Crippen molar-refractivity contribution in [1.82, 2.24) is 15.5 Å². The molecule has 33 heavy (non-hydrogen) atoms. The lowest BCUT2D eigenvalue weighted by Gasteiger charge is -2.34. The quantitative estimate of drug-likeness (QED) is 0.528. The van der Waals surface area contributed by atoms with Crippen LogP contribution in [0.4, 0.5) is 5.82 Å². The van der Waals surface area contributed by atoms with Crippen molar-refractivity contribution in [3.05, 3.63) is 54.2 Å². The Labute approximate surface area is 194 Å². The molecule has 2 heterocycles. The fourth-order valence-electron chi connectivity index (χ4n) is 5.09. The molecule has 3 N–H and O–H groups in total. The van der Waals surface area contributed by atoms with Gasteiger partial charge in [0.1, 0.15) is 6.61 Å². The number of piperidine rings is 1. The zero-order valence-electron chi connectivity index (χ0n) is 18.8. The number of rotatable bonds is 8. The van der Waals surface area contributed by atoms with Crippen molar-refractivity contribution in [2.75, 3.05) is 25.0 Å². The normalized spacial score (nSPS) is 20.0. The zero-order valence-corrected chi connectivity index (χ0v) is 18.8. The highest BCUT2D eigenvalue weighted by Gasteiger charge is 2.48. The van der Waals surface area contributed by atoms with Gasteiger partial charge in [-0.3, -0.25) is 4.79 Å². The Kier molecular flexibility index (Phi) is 7.67. The highest BCUT2D eigenvalue weighted by Crippen LogP contribution is 2.41. The molecule has 0 radical (unpaired) electrons. The van der Waals surface area contributed by atoms with Crippen LogP contribution in [-0.4, -0.2) is 46.9 Å². The van der Waals surface area contributed by atoms with Crippen molar-refractivity contribution in [3.8, 4) is 0 Å². The molecular weight excluding hydrogens is 420 g/mol. The first kappa shape index (κ1) is 23.3. The van der Waals surface area contributed by atoms with Crippen LogP contribution in [0.3, 0.4) is 0 Å². The van der Waals surface area contributed by atoms with Gasteiger partial charge in [0.05, 0.1) is 5.92 Å². The molecule has 176 valence electrons. The molecule has 1 aliphatic carbocycles. The summed E-state index contributed by atoms with van der Waals surface area (Å²) in [5.74, 6) is -1.24. The molecule has 1 aromatic carbocycles. The second-order valence-corrected chi connectivity index (χ2v) is 9.00. The summed E-state index contributed by atoms with van der Waals surface area (Å²) in [4.78, 5) is 26.5. The Morgan fingerprint density at radius 2 is 1.82 bits per heavy atom. The van der Waals surface area contributed by atoms with Gasteiger partial charge in [-0.25, -0.2) is 4.79 Å². The molecule has 2 unspecified atom stereocenters. The number of aliphatic hydroxyl groups is 1. The van der Waals surface area contributed by atoms with Crippen molar-refractivity contribution < 1.29 is 19.4 Å². The van der Waals surface area contributed by atoms with E-state index in [9.17, 15) is 14.7 Å². The number of carbonyl (C=O) groups excluding carboxylic acids is 2. The fourth-order valence-corrected chi connectivity index (χ4v) is 5.09. The zero-order chi connectivity index (χ0) is 23.1. The Bertz CT molecular complexity index is 915. The van der Waals surface area contributed by atoms with Gasteiger partial charge < -0.3 is 20.5 Å². The van der Waals surface area contributed by atoms with E-state index in [1.54, 1.807) is 24.3 Å². The SMILES string of the molecule is O=C(Nc1cccnn1)C(COC(=O)C(O)(c1ccccc1)C1CCCC1)C1CCNCC1. The van der Waals surface area contributed by atoms with E-state index in [1.165, 1.54) is 6.20 Å². The highest BCUT2D eigenvalue weighted by molar-refractivity contribution is 5.92. The number of carbonyl (C=O) groups is 2. The third-order valence-electron chi connectivity index (χ3n) is 6.98. The van der Waals surface area contributed by atoms with E-state index in [2.05, 4.69) is 20.8 Å². The van der Waals surface area contributed by atoms with E-state index < -0.39 is 17.5 Å². The second-order valence-electron chi connectivity index (χ2n) is 9.00. The number of nitrogens with zero attached hydrogens (tertiary/aromatic N) is 2. The van der Waals surface area contributed by atoms with Gasteiger partial charge in [0.25, 0.3) is 0 Å². The molecule has 2 aromatic rings. The molecule has 8 heteroatoms. The van der Waals surface area contributed by atoms with E-state index in [0.717, 1.165) is 51.6 Å². The van der Waals surface area contributed by atoms with Gasteiger partial charge in [0.2, 0.25) is 5.91 Å². The van der Waals surface area contributed by atoms with Crippen LogP contribution in [0.1, 0.15) is 44.1 Å². The minimum atomic E-state index is -1.71. The molecule has 1 saturated carbocycles. The van der Waals surface area contributed by atoms with E-state index in [1.807, 2.05) is 18.2 Å². The summed E-state index contributed by atoms with van der Waals surface area (Å²) in [6.07, 6.45) is 6.64. The molecule has 1 aromatic heterocycles. The molecule has 4 rings (SSSR count). The summed E-state index contributed by atoms with van der Waals surface area (Å²) in [5, 5.41) is 25.5. The largest absolute Gasteiger partial charge is 0.462 e. The second kappa shape index (κ2) is 10.9. The first-order valence-corrected chi connectivity index (χ1v) is 11.8. The summed E-state index contributed by atoms with van der Waals surface area (Å²) in [5.41, 5.74) is -1.16. The lowest BCUT2D eigenvalue weighted by Crippen LogP contribution is -2.45. The number of ether oxygens (including phenoxy) is 1. The molecule has 1 amide bonds. The predicted molar refractivity (Wildman–Crippen MR) is 123 cm³/mol. The maximum absolute atomic E-state index is 13.4. The van der Waals surface area contributed by atoms with Gasteiger partial charge in [0.15, 0.2) is 11.4 Å². The van der Waals surface area contributed by atoms with Gasteiger partial charge in [-0.1, -0.05) is 43.2 Å². The molecule has 1 aliphatic heterocycles. The van der Waals surface area contributed by atoms with Gasteiger partial charge >= 0.3 is 5.97 Å². The molecule has 0 spiro atoms. The van der Waals surface area contributed by atoms with Crippen LogP contribution in [0.2, 0.25) is 0 Å². The molecule has 2 fully saturated rings. The number of hydrogen-bond acceptors (Lipinski definition) is 7. The number of anilines is 1. The van der Waals surface area contributed by atoms with Crippen LogP contribution in [0.5, 0.6) is 0 Å². The topological polar surface area (TPSA) is 113 Å². The van der Waals surface area contributed by atoms with E-state index in [-0.39, 0.29) is 24.3 Å². The van der Waals surface area contributed by atoms with Crippen molar-refractivity contribution in [2.45, 2.75) is 44.1 Å². The molecule has 2 atom stereocenters. The lowest BCUT2D eigenvalue weighted by atomic mass is 9.80. The van der Waals surface area contributed by atoms with Crippen molar-refractivity contribution in [2.24, 2.45) is 17.8 Å². The van der Waals surface area contributed by atoms with Crippen LogP contribution in [0, 0.1) is 17.8 Å². The fraction of sp³-hybridized carbons (Fsp3) is 0.520. The summed E-state index contributed by atoms with van der Waals surface area (Å²) >= 11 is 0. The lowest BCUT2D eigenvalue weighted by molar-refractivity contribution is -0.176. The Morgan fingerprint density at radius 1 is 1.09 bits per heavy atom. The molecular formula is C25H32N4O4. The van der Waals surface area contributed by atoms with Gasteiger partial charge in [-0.15, -0.1) is 5.10 Å². The van der Waals surface area contributed by atoms with Crippen LogP contribution in [0.25, 0.3) is 0 Å². The number of esters is 1. The molecule has 2 aliphatic rings. The number of amides is 1. The maximum atomic E-state index is 13.4. The summed E-state index contributed by atoms with van der Waals surface area (Å²) in [6.45, 7) is 1.53. The maximum Gasteiger partial charge on any atom is 0.343 e. The molecule has 8 nitrogen and oxygen atoms in total. The number of benzene rings is 1. The van der Waals surface area contributed by atoms with Gasteiger partial charge in [-0.05, 0) is 62.4 Å². The predicted octanol–water partition coefficient (Wildman–Crippen LogP) is 2.65. The number of nitrogens with one attached hydrogen (secondary N) is 2. The minimum Gasteiger partial charge on any atom is -0.462 e. The number of aromatic nitrogens is 2. The van der Waals surface area contributed by atoms with Crippen molar-refractivity contribution >= 4 is 17.7 Å². The summed E-state index contributed by atoms with van der Waals surface area (Å²) < 4.78 is 5.74. The standard InChI is InChI=1S/C25H32N4O4/c30-23(28-22-11-6-14-27-29-22)21(18-12-15-26-16-13-18)17-33-24(31)25(32,20-9-4-5-10-20)19-7-2-1-3-8-19/h1-3,6-8,11,14,18,20-21,26,32H,4-5,9-10,12-13,15-17H2,(H,28,29,30). The average Bonchev–Trinajstić information content (AvgIpc) is 3.41. The van der Waals surface area contributed by atoms with Gasteiger partial charge in [-0.2, -0.15) is 5.10 Å². The summed E-state index contributed by atoms with van der Waals surface area (Å²) in [7, 11) is 0. The van der Waals surface area contributed by atoms with Crippen molar-refractivity contribution in [1.29, 1.82) is 0 Å². The average molecular weight is 453 g/mol. The number of hydrogen-bond donors (Lipinski definition) is 3. The first-order valence-electron chi connectivity index (χ1n) is 11.8. The van der Waals surface area contributed by atoms with E-state index >= 15 is 0 Å². The third kappa shape index (κ3) is 5.39. The summed E-state index contributed by atoms with van der Waals surface area (Å²) in [6, 6.07) is 12.4. The van der Waals surface area contributed by atoms with Crippen LogP contribution >= 0.6 is 0 Å². The van der Waals surface area contributed by atoms with Gasteiger partial charge in [0, 0.05) is 12.1 Å². The molecule has 1 saturated heterocycles. The first-order chi connectivity index (χ1) is 16.1. The van der Waals surface area contributed by atoms with Crippen molar-refractivity contribution in [3.63, 3.8) is 0 Å². The smallest absolute Gasteiger partial charge is 0.343 e. The van der Waals surface area contributed by atoms with E-state index in [4.69, 9.17) is 4.74 Å². The van der Waals surface area contributed by atoms with Crippen LogP contribution < -0.4 is 10.6 Å². The molecule has 0 bridgehead atoms. The third-order valence-corrected chi connectivity index (χ3v) is 6.98. The highest BCUT2D eigenvalue weighted by atomic mass is 16.6.